The second kappa shape index (κ2) is 14.4. The Morgan fingerprint density at radius 2 is 1.32 bits per heavy atom. The van der Waals surface area contributed by atoms with Crippen molar-refractivity contribution in [3.63, 3.8) is 0 Å². The summed E-state index contributed by atoms with van der Waals surface area (Å²) in [5, 5.41) is 0. The van der Waals surface area contributed by atoms with Crippen LogP contribution in [0.25, 0.3) is 0 Å². The molecular weight excluding hydrogens is 340 g/mol. The van der Waals surface area contributed by atoms with E-state index in [1.165, 1.54) is 82.6 Å². The number of rotatable bonds is 16. The molecule has 0 bridgehead atoms. The topological polar surface area (TPSA) is 24.7 Å². The molecule has 0 N–H and O–H groups in total. The fourth-order valence-corrected chi connectivity index (χ4v) is 4.36. The van der Waals surface area contributed by atoms with E-state index in [9.17, 15) is 0 Å². The van der Waals surface area contributed by atoms with E-state index in [0.717, 1.165) is 12.6 Å². The van der Waals surface area contributed by atoms with Gasteiger partial charge in [-0.15, -0.1) is 0 Å². The standard InChI is InChI=1S/C26H41N2/c1-3-5-6-7-8-9-10-11-12-16-19-25(26-27-20-21-28-26)24(4-2)22-23-17-14-13-15-18-23/h13-15,17-18,20-21,24-25H,3-12,16,19,22H2,1-2H3/q+1. The van der Waals surface area contributed by atoms with Crippen LogP contribution in [0.4, 0.5) is 0 Å². The van der Waals surface area contributed by atoms with Crippen LogP contribution in [-0.4, -0.2) is 12.4 Å². The number of benzene rings is 1. The number of hydrogen-bond donors (Lipinski definition) is 0. The molecule has 1 aromatic carbocycles. The smallest absolute Gasteiger partial charge is 0.0965 e. The molecule has 1 aliphatic heterocycles. The van der Waals surface area contributed by atoms with E-state index in [-0.39, 0.29) is 0 Å². The van der Waals surface area contributed by atoms with E-state index in [1.54, 1.807) is 0 Å². The van der Waals surface area contributed by atoms with E-state index in [2.05, 4.69) is 54.2 Å². The van der Waals surface area contributed by atoms with Gasteiger partial charge < -0.3 is 0 Å². The normalized spacial score (nSPS) is 15.3. The van der Waals surface area contributed by atoms with Crippen molar-refractivity contribution in [1.29, 1.82) is 0 Å². The van der Waals surface area contributed by atoms with Crippen LogP contribution in [0.5, 0.6) is 0 Å². The van der Waals surface area contributed by atoms with Gasteiger partial charge in [0.15, 0.2) is 12.4 Å². The molecule has 2 rings (SSSR count). The van der Waals surface area contributed by atoms with Crippen LogP contribution in [0, 0.1) is 18.0 Å². The molecule has 0 aliphatic carbocycles. The van der Waals surface area contributed by atoms with Crippen LogP contribution in [0.3, 0.4) is 0 Å². The van der Waals surface area contributed by atoms with Crippen molar-refractivity contribution in [1.82, 2.24) is 0 Å². The maximum atomic E-state index is 4.58. The predicted molar refractivity (Wildman–Crippen MR) is 124 cm³/mol. The summed E-state index contributed by atoms with van der Waals surface area (Å²) in [4.78, 5) is 9.16. The Labute approximate surface area is 174 Å². The Bertz CT molecular complexity index is 537. The molecule has 154 valence electrons. The maximum absolute atomic E-state index is 4.58. The zero-order chi connectivity index (χ0) is 19.9. The van der Waals surface area contributed by atoms with Crippen LogP contribution in [0.1, 0.15) is 96.5 Å². The monoisotopic (exact) mass is 381 g/mol. The number of nitrogens with zero attached hydrogens (tertiary/aromatic N) is 2. The van der Waals surface area contributed by atoms with Gasteiger partial charge in [-0.3, -0.25) is 0 Å². The third kappa shape index (κ3) is 8.63. The SMILES string of the molecule is CCCCCCCCCCCCC([C+]1N=CC=N1)C(CC)Cc1ccccc1. The average Bonchev–Trinajstić information content (AvgIpc) is 3.26. The van der Waals surface area contributed by atoms with Crippen LogP contribution < -0.4 is 0 Å². The van der Waals surface area contributed by atoms with Gasteiger partial charge in [0.2, 0.25) is 6.17 Å². The molecule has 2 atom stereocenters. The fraction of sp³-hybridized carbons (Fsp3) is 0.654. The lowest BCUT2D eigenvalue weighted by Gasteiger charge is -2.24. The minimum Gasteiger partial charge on any atom is -0.0965 e. The second-order valence-electron chi connectivity index (χ2n) is 8.35. The molecule has 0 spiro atoms. The Morgan fingerprint density at radius 1 is 0.750 bits per heavy atom. The molecule has 0 saturated carbocycles. The van der Waals surface area contributed by atoms with Gasteiger partial charge in [-0.05, 0) is 24.3 Å². The van der Waals surface area contributed by atoms with Crippen LogP contribution in [0.2, 0.25) is 0 Å². The summed E-state index contributed by atoms with van der Waals surface area (Å²) < 4.78 is 0. The highest BCUT2D eigenvalue weighted by Gasteiger charge is 2.34. The van der Waals surface area contributed by atoms with Crippen LogP contribution in [-0.2, 0) is 6.42 Å². The lowest BCUT2D eigenvalue weighted by atomic mass is 9.80. The van der Waals surface area contributed by atoms with E-state index in [4.69, 9.17) is 0 Å². The first-order valence-electron chi connectivity index (χ1n) is 11.8. The van der Waals surface area contributed by atoms with Gasteiger partial charge >= 0.3 is 0 Å². The van der Waals surface area contributed by atoms with Gasteiger partial charge in [0.25, 0.3) is 0 Å². The first kappa shape index (κ1) is 22.7. The number of aliphatic imine (C=N–C) groups is 2. The first-order valence-corrected chi connectivity index (χ1v) is 11.8. The molecule has 1 heterocycles. The highest BCUT2D eigenvalue weighted by molar-refractivity contribution is 6.18. The van der Waals surface area contributed by atoms with Crippen molar-refractivity contribution < 1.29 is 0 Å². The third-order valence-electron chi connectivity index (χ3n) is 6.11. The van der Waals surface area contributed by atoms with Crippen molar-refractivity contribution in [2.24, 2.45) is 21.8 Å². The van der Waals surface area contributed by atoms with Gasteiger partial charge in [-0.25, -0.2) is 0 Å². The molecule has 1 aliphatic rings. The highest BCUT2D eigenvalue weighted by Crippen LogP contribution is 2.35. The van der Waals surface area contributed by atoms with E-state index in [1.807, 2.05) is 12.4 Å². The van der Waals surface area contributed by atoms with Crippen molar-refractivity contribution in [3.8, 4) is 0 Å². The number of hydrogen-bond acceptors (Lipinski definition) is 2. The maximum Gasteiger partial charge on any atom is 0.244 e. The lowest BCUT2D eigenvalue weighted by molar-refractivity contribution is 0.300. The van der Waals surface area contributed by atoms with E-state index < -0.39 is 0 Å². The summed E-state index contributed by atoms with van der Waals surface area (Å²) in [5.41, 5.74) is 1.44. The summed E-state index contributed by atoms with van der Waals surface area (Å²) in [6.45, 7) is 4.61. The molecule has 0 saturated heterocycles. The zero-order valence-electron chi connectivity index (χ0n) is 18.3. The van der Waals surface area contributed by atoms with Crippen molar-refractivity contribution >= 4 is 12.4 Å². The number of unbranched alkanes of at least 4 members (excludes halogenated alkanes) is 9. The molecule has 0 aromatic heterocycles. The van der Waals surface area contributed by atoms with E-state index in [0.29, 0.717) is 11.8 Å². The van der Waals surface area contributed by atoms with Crippen molar-refractivity contribution in [2.45, 2.75) is 97.3 Å². The van der Waals surface area contributed by atoms with Crippen LogP contribution in [0.15, 0.2) is 40.3 Å². The summed E-state index contributed by atoms with van der Waals surface area (Å²) in [6.07, 6.45) is 22.3. The molecule has 0 fully saturated rings. The molecule has 2 unspecified atom stereocenters. The Balaban J connectivity index is 1.72. The van der Waals surface area contributed by atoms with Gasteiger partial charge in [-0.2, -0.15) is 0 Å². The zero-order valence-corrected chi connectivity index (χ0v) is 18.3. The van der Waals surface area contributed by atoms with Crippen LogP contribution >= 0.6 is 0 Å². The van der Waals surface area contributed by atoms with Gasteiger partial charge in [0.1, 0.15) is 0 Å². The molecule has 28 heavy (non-hydrogen) atoms. The van der Waals surface area contributed by atoms with Gasteiger partial charge in [0, 0.05) is 0 Å². The minimum absolute atomic E-state index is 0.495. The van der Waals surface area contributed by atoms with Gasteiger partial charge in [-0.1, -0.05) is 125 Å². The predicted octanol–water partition coefficient (Wildman–Crippen LogP) is 7.83. The quantitative estimate of drug-likeness (QED) is 0.206. The summed E-state index contributed by atoms with van der Waals surface area (Å²) >= 11 is 0. The van der Waals surface area contributed by atoms with Crippen molar-refractivity contribution in [2.75, 3.05) is 0 Å². The Hall–Kier alpha value is -1.57. The molecule has 0 amide bonds. The fourth-order valence-electron chi connectivity index (χ4n) is 4.36. The molecule has 2 nitrogen and oxygen atoms in total. The van der Waals surface area contributed by atoms with Crippen molar-refractivity contribution in [3.05, 3.63) is 42.1 Å². The summed E-state index contributed by atoms with van der Waals surface area (Å²) in [7, 11) is 0. The molecular formula is C26H41N2+. The van der Waals surface area contributed by atoms with Gasteiger partial charge in [0.05, 0.1) is 5.92 Å². The Morgan fingerprint density at radius 3 is 1.89 bits per heavy atom. The first-order chi connectivity index (χ1) is 13.8. The summed E-state index contributed by atoms with van der Waals surface area (Å²) in [6, 6.07) is 10.9. The third-order valence-corrected chi connectivity index (χ3v) is 6.11. The second-order valence-corrected chi connectivity index (χ2v) is 8.35. The summed E-state index contributed by atoms with van der Waals surface area (Å²) in [5.74, 6) is 1.12. The molecule has 0 radical (unpaired) electrons. The molecule has 1 aromatic rings. The largest absolute Gasteiger partial charge is 0.244 e. The highest BCUT2D eigenvalue weighted by atomic mass is 15.0. The minimum atomic E-state index is 0.495. The Kier molecular flexibility index (Phi) is 11.7. The lowest BCUT2D eigenvalue weighted by Crippen LogP contribution is -2.21. The van der Waals surface area contributed by atoms with E-state index >= 15 is 0 Å². The average molecular weight is 382 g/mol. The molecule has 2 heteroatoms.